The summed E-state index contributed by atoms with van der Waals surface area (Å²) in [6, 6.07) is 11.3. The summed E-state index contributed by atoms with van der Waals surface area (Å²) in [6.45, 7) is 9.32. The van der Waals surface area contributed by atoms with E-state index in [2.05, 4.69) is 67.6 Å². The summed E-state index contributed by atoms with van der Waals surface area (Å²) in [5.41, 5.74) is 2.93. The number of benzene rings is 1. The van der Waals surface area contributed by atoms with Gasteiger partial charge in [0.15, 0.2) is 0 Å². The summed E-state index contributed by atoms with van der Waals surface area (Å²) in [6.07, 6.45) is 6.27. The molecule has 0 radical (unpaired) electrons. The van der Waals surface area contributed by atoms with E-state index in [0.29, 0.717) is 11.5 Å². The van der Waals surface area contributed by atoms with Gasteiger partial charge in [0.05, 0.1) is 11.7 Å². The maximum atomic E-state index is 4.35. The molecular formula is C19H24N2. The first-order valence-corrected chi connectivity index (χ1v) is 7.86. The van der Waals surface area contributed by atoms with Crippen LogP contribution in [0.5, 0.6) is 0 Å². The summed E-state index contributed by atoms with van der Waals surface area (Å²) in [5.74, 6) is 0. The molecule has 3 rings (SSSR count). The second-order valence-corrected chi connectivity index (χ2v) is 6.85. The van der Waals surface area contributed by atoms with Gasteiger partial charge in [0.2, 0.25) is 0 Å². The van der Waals surface area contributed by atoms with Crippen molar-refractivity contribution in [2.45, 2.75) is 46.6 Å². The van der Waals surface area contributed by atoms with Crippen molar-refractivity contribution in [2.75, 3.05) is 0 Å². The van der Waals surface area contributed by atoms with E-state index in [0.717, 1.165) is 0 Å². The lowest BCUT2D eigenvalue weighted by Gasteiger charge is -2.28. The molecule has 0 aliphatic heterocycles. The lowest BCUT2D eigenvalue weighted by molar-refractivity contribution is 0.272. The third-order valence-electron chi connectivity index (χ3n) is 4.76. The predicted molar refractivity (Wildman–Crippen MR) is 90.6 cm³/mol. The topological polar surface area (TPSA) is 17.8 Å². The van der Waals surface area contributed by atoms with Crippen molar-refractivity contribution in [1.82, 2.24) is 9.55 Å². The van der Waals surface area contributed by atoms with Crippen molar-refractivity contribution < 1.29 is 0 Å². The fourth-order valence-electron chi connectivity index (χ4n) is 3.36. The van der Waals surface area contributed by atoms with Crippen molar-refractivity contribution in [3.8, 4) is 0 Å². The number of nitrogens with zero attached hydrogens (tertiary/aromatic N) is 2. The Hall–Kier alpha value is -1.83. The van der Waals surface area contributed by atoms with Gasteiger partial charge in [-0.05, 0) is 30.9 Å². The number of rotatable bonds is 4. The van der Waals surface area contributed by atoms with Crippen LogP contribution in [0, 0.1) is 5.41 Å². The lowest BCUT2D eigenvalue weighted by Crippen LogP contribution is -2.17. The standard InChI is InChI=1S/C19H24N2/c1-5-19(3,4)12-14(2)21-17-9-7-6-8-15(17)16-10-11-20-13-18(16)21/h6-11,13-14H,5,12H2,1-4H3. The summed E-state index contributed by atoms with van der Waals surface area (Å²) in [7, 11) is 0. The molecule has 1 aromatic carbocycles. The van der Waals surface area contributed by atoms with Gasteiger partial charge < -0.3 is 4.57 Å². The Bertz CT molecular complexity index is 714. The van der Waals surface area contributed by atoms with E-state index < -0.39 is 0 Å². The average molecular weight is 280 g/mol. The molecule has 110 valence electrons. The predicted octanol–water partition coefficient (Wildman–Crippen LogP) is 5.58. The minimum Gasteiger partial charge on any atom is -0.336 e. The van der Waals surface area contributed by atoms with Crippen LogP contribution in [0.4, 0.5) is 0 Å². The molecule has 0 bridgehead atoms. The number of fused-ring (bicyclic) bond motifs is 3. The number of aromatic nitrogens is 2. The van der Waals surface area contributed by atoms with Crippen LogP contribution in [-0.4, -0.2) is 9.55 Å². The first-order chi connectivity index (χ1) is 10.0. The highest BCUT2D eigenvalue weighted by molar-refractivity contribution is 6.07. The van der Waals surface area contributed by atoms with E-state index in [4.69, 9.17) is 0 Å². The molecule has 1 unspecified atom stereocenters. The van der Waals surface area contributed by atoms with Crippen LogP contribution < -0.4 is 0 Å². The molecule has 2 heteroatoms. The fourth-order valence-corrected chi connectivity index (χ4v) is 3.36. The van der Waals surface area contributed by atoms with Crippen LogP contribution in [0.3, 0.4) is 0 Å². The SMILES string of the molecule is CCC(C)(C)CC(C)n1c2ccccc2c2ccncc21. The van der Waals surface area contributed by atoms with Gasteiger partial charge in [-0.3, -0.25) is 4.98 Å². The average Bonchev–Trinajstić information content (AvgIpc) is 2.81. The van der Waals surface area contributed by atoms with Crippen LogP contribution in [0.1, 0.15) is 46.6 Å². The summed E-state index contributed by atoms with van der Waals surface area (Å²) >= 11 is 0. The molecule has 0 spiro atoms. The Labute approximate surface area is 126 Å². The first-order valence-electron chi connectivity index (χ1n) is 7.86. The van der Waals surface area contributed by atoms with Gasteiger partial charge in [0.25, 0.3) is 0 Å². The van der Waals surface area contributed by atoms with Gasteiger partial charge in [-0.1, -0.05) is 45.4 Å². The Balaban J connectivity index is 2.20. The molecule has 3 aromatic rings. The van der Waals surface area contributed by atoms with E-state index in [1.807, 2.05) is 12.4 Å². The zero-order valence-electron chi connectivity index (χ0n) is 13.4. The number of para-hydroxylation sites is 1. The normalized spacial score (nSPS) is 13.9. The zero-order chi connectivity index (χ0) is 15.0. The smallest absolute Gasteiger partial charge is 0.0680 e. The van der Waals surface area contributed by atoms with Gasteiger partial charge in [-0.2, -0.15) is 0 Å². The molecule has 2 heterocycles. The monoisotopic (exact) mass is 280 g/mol. The van der Waals surface area contributed by atoms with E-state index in [1.165, 1.54) is 34.6 Å². The largest absolute Gasteiger partial charge is 0.336 e. The van der Waals surface area contributed by atoms with Crippen molar-refractivity contribution >= 4 is 21.8 Å². The van der Waals surface area contributed by atoms with Gasteiger partial charge in [0, 0.05) is 28.5 Å². The molecule has 2 aromatic heterocycles. The molecule has 0 aliphatic carbocycles. The highest BCUT2D eigenvalue weighted by Crippen LogP contribution is 2.37. The molecular weight excluding hydrogens is 256 g/mol. The third-order valence-corrected chi connectivity index (χ3v) is 4.76. The van der Waals surface area contributed by atoms with Crippen LogP contribution in [0.2, 0.25) is 0 Å². The summed E-state index contributed by atoms with van der Waals surface area (Å²) in [4.78, 5) is 4.35. The van der Waals surface area contributed by atoms with E-state index in [-0.39, 0.29) is 0 Å². The molecule has 2 nitrogen and oxygen atoms in total. The van der Waals surface area contributed by atoms with Crippen molar-refractivity contribution in [1.29, 1.82) is 0 Å². The number of pyridine rings is 1. The van der Waals surface area contributed by atoms with Gasteiger partial charge in [-0.25, -0.2) is 0 Å². The Morgan fingerprint density at radius 2 is 1.81 bits per heavy atom. The fraction of sp³-hybridized carbons (Fsp3) is 0.421. The minimum absolute atomic E-state index is 0.360. The van der Waals surface area contributed by atoms with Crippen LogP contribution in [0.15, 0.2) is 42.7 Å². The molecule has 1 atom stereocenters. The molecule has 21 heavy (non-hydrogen) atoms. The quantitative estimate of drug-likeness (QED) is 0.610. The Morgan fingerprint density at radius 1 is 1.10 bits per heavy atom. The molecule has 0 amide bonds. The maximum absolute atomic E-state index is 4.35. The van der Waals surface area contributed by atoms with Crippen molar-refractivity contribution in [3.05, 3.63) is 42.7 Å². The van der Waals surface area contributed by atoms with E-state index in [9.17, 15) is 0 Å². The van der Waals surface area contributed by atoms with Crippen LogP contribution in [-0.2, 0) is 0 Å². The Morgan fingerprint density at radius 3 is 2.57 bits per heavy atom. The van der Waals surface area contributed by atoms with Crippen LogP contribution >= 0.6 is 0 Å². The van der Waals surface area contributed by atoms with Gasteiger partial charge >= 0.3 is 0 Å². The van der Waals surface area contributed by atoms with Crippen molar-refractivity contribution in [2.24, 2.45) is 5.41 Å². The third kappa shape index (κ3) is 2.44. The van der Waals surface area contributed by atoms with Gasteiger partial charge in [-0.15, -0.1) is 0 Å². The van der Waals surface area contributed by atoms with E-state index in [1.54, 1.807) is 0 Å². The maximum Gasteiger partial charge on any atom is 0.0680 e. The summed E-state index contributed by atoms with van der Waals surface area (Å²) < 4.78 is 2.47. The highest BCUT2D eigenvalue weighted by atomic mass is 15.0. The molecule has 0 N–H and O–H groups in total. The molecule has 0 fully saturated rings. The zero-order valence-corrected chi connectivity index (χ0v) is 13.4. The lowest BCUT2D eigenvalue weighted by atomic mass is 9.83. The molecule has 0 aliphatic rings. The Kier molecular flexibility index (Phi) is 3.48. The molecule has 0 saturated heterocycles. The number of hydrogen-bond donors (Lipinski definition) is 0. The van der Waals surface area contributed by atoms with Crippen LogP contribution in [0.25, 0.3) is 21.8 Å². The first kappa shape index (κ1) is 14.1. The minimum atomic E-state index is 0.360. The van der Waals surface area contributed by atoms with E-state index >= 15 is 0 Å². The molecule has 0 saturated carbocycles. The second-order valence-electron chi connectivity index (χ2n) is 6.85. The highest BCUT2D eigenvalue weighted by Gasteiger charge is 2.22. The summed E-state index contributed by atoms with van der Waals surface area (Å²) in [5, 5.41) is 2.64. The second kappa shape index (κ2) is 5.18. The van der Waals surface area contributed by atoms with Gasteiger partial charge in [0.1, 0.15) is 0 Å². The number of hydrogen-bond acceptors (Lipinski definition) is 1. The van der Waals surface area contributed by atoms with Crippen molar-refractivity contribution in [3.63, 3.8) is 0 Å².